The van der Waals surface area contributed by atoms with Crippen molar-refractivity contribution in [2.45, 2.75) is 56.0 Å². The van der Waals surface area contributed by atoms with Crippen molar-refractivity contribution in [2.24, 2.45) is 5.92 Å². The number of rotatable bonds is 6. The molecule has 1 saturated carbocycles. The predicted molar refractivity (Wildman–Crippen MR) is 130 cm³/mol. The minimum Gasteiger partial charge on any atom is -0.324 e. The Morgan fingerprint density at radius 3 is 2.75 bits per heavy atom. The third-order valence-corrected chi connectivity index (χ3v) is 7.43. The van der Waals surface area contributed by atoms with E-state index in [1.165, 1.54) is 31.0 Å². The molecule has 0 bridgehead atoms. The Hall–Kier alpha value is -2.09. The van der Waals surface area contributed by atoms with Gasteiger partial charge in [-0.2, -0.15) is 0 Å². The molecule has 0 aliphatic heterocycles. The lowest BCUT2D eigenvalue weighted by Crippen LogP contribution is -2.25. The maximum Gasteiger partial charge on any atom is 0.237 e. The molecular weight excluding hydrogens is 465 g/mol. The summed E-state index contributed by atoms with van der Waals surface area (Å²) in [7, 11) is 0. The molecule has 0 saturated heterocycles. The Balaban J connectivity index is 1.60. The topological polar surface area (TPSA) is 72.7 Å². The van der Waals surface area contributed by atoms with Gasteiger partial charge in [0.1, 0.15) is 0 Å². The molecule has 2 heterocycles. The first-order chi connectivity index (χ1) is 15.4. The van der Waals surface area contributed by atoms with Crippen molar-refractivity contribution in [1.82, 2.24) is 19.7 Å². The van der Waals surface area contributed by atoms with Gasteiger partial charge in [0.25, 0.3) is 0 Å². The van der Waals surface area contributed by atoms with Gasteiger partial charge < -0.3 is 5.32 Å². The van der Waals surface area contributed by atoms with Crippen LogP contribution in [-0.4, -0.2) is 30.9 Å². The number of anilines is 1. The van der Waals surface area contributed by atoms with Crippen LogP contribution < -0.4 is 5.32 Å². The zero-order chi connectivity index (χ0) is 22.7. The molecule has 2 aromatic heterocycles. The number of hydrogen-bond acceptors (Lipinski definition) is 5. The molecule has 0 radical (unpaired) electrons. The second kappa shape index (κ2) is 10.2. The van der Waals surface area contributed by atoms with Gasteiger partial charge in [-0.15, -0.1) is 10.2 Å². The van der Waals surface area contributed by atoms with E-state index >= 15 is 0 Å². The second-order valence-corrected chi connectivity index (χ2v) is 10.3. The van der Waals surface area contributed by atoms with Crippen molar-refractivity contribution in [3.8, 4) is 11.4 Å². The zero-order valence-corrected chi connectivity index (χ0v) is 20.3. The minimum absolute atomic E-state index is 0.159. The van der Waals surface area contributed by atoms with E-state index in [-0.39, 0.29) is 11.9 Å². The van der Waals surface area contributed by atoms with E-state index in [9.17, 15) is 4.79 Å². The third-order valence-electron chi connectivity index (χ3n) is 5.82. The highest BCUT2D eigenvalue weighted by Crippen LogP contribution is 2.39. The van der Waals surface area contributed by atoms with Gasteiger partial charge in [0.2, 0.25) is 5.91 Å². The fraction of sp³-hybridized carbons (Fsp3) is 0.391. The standard InChI is InChI=1S/C23H25Cl2N5OS/c1-14-6-3-4-8-20(14)30-21(16-7-5-11-26-13-16)28-29-23(30)32-15(2)22(31)27-19-10-9-17(24)12-18(19)25/h5,7,9-15,20H,3-4,6,8H2,1-2H3,(H,27,31). The quantitative estimate of drug-likeness (QED) is 0.399. The Labute approximate surface area is 202 Å². The Morgan fingerprint density at radius 2 is 2.03 bits per heavy atom. The molecule has 1 aromatic carbocycles. The van der Waals surface area contributed by atoms with Crippen LogP contribution in [0.3, 0.4) is 0 Å². The first-order valence-electron chi connectivity index (χ1n) is 10.7. The van der Waals surface area contributed by atoms with Crippen molar-refractivity contribution in [2.75, 3.05) is 5.32 Å². The number of carbonyl (C=O) groups is 1. The number of benzene rings is 1. The Morgan fingerprint density at radius 1 is 1.22 bits per heavy atom. The van der Waals surface area contributed by atoms with E-state index in [1.807, 2.05) is 19.1 Å². The Kier molecular flexibility index (Phi) is 7.38. The number of nitrogens with zero attached hydrogens (tertiary/aromatic N) is 4. The number of thioether (sulfide) groups is 1. The average molecular weight is 490 g/mol. The van der Waals surface area contributed by atoms with Crippen LogP contribution in [0.1, 0.15) is 45.6 Å². The van der Waals surface area contributed by atoms with Gasteiger partial charge in [0.05, 0.1) is 16.0 Å². The summed E-state index contributed by atoms with van der Waals surface area (Å²) in [5.41, 5.74) is 1.46. The van der Waals surface area contributed by atoms with Crippen molar-refractivity contribution in [3.05, 3.63) is 52.8 Å². The van der Waals surface area contributed by atoms with Crippen LogP contribution in [0.4, 0.5) is 5.69 Å². The number of carbonyl (C=O) groups excluding carboxylic acids is 1. The summed E-state index contributed by atoms with van der Waals surface area (Å²) < 4.78 is 2.21. The highest BCUT2D eigenvalue weighted by atomic mass is 35.5. The molecule has 1 aliphatic rings. The third kappa shape index (κ3) is 5.11. The molecule has 1 amide bonds. The Bertz CT molecular complexity index is 1090. The van der Waals surface area contributed by atoms with Gasteiger partial charge in [0, 0.05) is 29.0 Å². The highest BCUT2D eigenvalue weighted by Gasteiger charge is 2.30. The van der Waals surface area contributed by atoms with Gasteiger partial charge in [-0.3, -0.25) is 14.3 Å². The summed E-state index contributed by atoms with van der Waals surface area (Å²) in [6.45, 7) is 4.14. The monoisotopic (exact) mass is 489 g/mol. The molecule has 168 valence electrons. The lowest BCUT2D eigenvalue weighted by Gasteiger charge is -2.31. The number of nitrogens with one attached hydrogen (secondary N) is 1. The summed E-state index contributed by atoms with van der Waals surface area (Å²) in [5, 5.41) is 13.1. The van der Waals surface area contributed by atoms with Crippen molar-refractivity contribution in [3.63, 3.8) is 0 Å². The van der Waals surface area contributed by atoms with Crippen LogP contribution in [0.25, 0.3) is 11.4 Å². The molecule has 32 heavy (non-hydrogen) atoms. The minimum atomic E-state index is -0.398. The normalized spacial score (nSPS) is 19.5. The number of aromatic nitrogens is 4. The van der Waals surface area contributed by atoms with Crippen molar-refractivity contribution < 1.29 is 4.79 Å². The molecule has 6 nitrogen and oxygen atoms in total. The average Bonchev–Trinajstić information content (AvgIpc) is 3.19. The maximum absolute atomic E-state index is 12.9. The van der Waals surface area contributed by atoms with Crippen LogP contribution in [0, 0.1) is 5.92 Å². The number of pyridine rings is 1. The lowest BCUT2D eigenvalue weighted by atomic mass is 9.85. The van der Waals surface area contributed by atoms with E-state index < -0.39 is 5.25 Å². The largest absolute Gasteiger partial charge is 0.324 e. The summed E-state index contributed by atoms with van der Waals surface area (Å²) in [4.78, 5) is 17.1. The SMILES string of the molecule is CC(Sc1nnc(-c2cccnc2)n1C1CCCCC1C)C(=O)Nc1ccc(Cl)cc1Cl. The fourth-order valence-electron chi connectivity index (χ4n) is 4.07. The van der Waals surface area contributed by atoms with Crippen LogP contribution in [0.2, 0.25) is 10.0 Å². The second-order valence-electron chi connectivity index (χ2n) is 8.12. The fourth-order valence-corrected chi connectivity index (χ4v) is 5.43. The lowest BCUT2D eigenvalue weighted by molar-refractivity contribution is -0.115. The first kappa shape index (κ1) is 23.1. The van der Waals surface area contributed by atoms with Gasteiger partial charge in [-0.05, 0) is 56.0 Å². The maximum atomic E-state index is 12.9. The molecule has 9 heteroatoms. The summed E-state index contributed by atoms with van der Waals surface area (Å²) >= 11 is 13.6. The van der Waals surface area contributed by atoms with Gasteiger partial charge >= 0.3 is 0 Å². The van der Waals surface area contributed by atoms with E-state index in [1.54, 1.807) is 30.6 Å². The zero-order valence-electron chi connectivity index (χ0n) is 18.0. The van der Waals surface area contributed by atoms with Gasteiger partial charge in [0.15, 0.2) is 11.0 Å². The molecule has 3 unspecified atom stereocenters. The molecular formula is C23H25Cl2N5OS. The van der Waals surface area contributed by atoms with E-state index in [2.05, 4.69) is 32.0 Å². The molecule has 1 fully saturated rings. The van der Waals surface area contributed by atoms with Crippen molar-refractivity contribution in [1.29, 1.82) is 0 Å². The van der Waals surface area contributed by atoms with E-state index in [4.69, 9.17) is 23.2 Å². The first-order valence-corrected chi connectivity index (χ1v) is 12.4. The van der Waals surface area contributed by atoms with E-state index in [0.717, 1.165) is 23.0 Å². The van der Waals surface area contributed by atoms with Crippen LogP contribution >= 0.6 is 35.0 Å². The summed E-state index contributed by atoms with van der Waals surface area (Å²) in [6.07, 6.45) is 8.21. The van der Waals surface area contributed by atoms with Crippen LogP contribution in [0.5, 0.6) is 0 Å². The molecule has 3 atom stereocenters. The molecule has 3 aromatic rings. The van der Waals surface area contributed by atoms with Crippen LogP contribution in [-0.2, 0) is 4.79 Å². The summed E-state index contributed by atoms with van der Waals surface area (Å²) in [5.74, 6) is 1.15. The number of hydrogen-bond donors (Lipinski definition) is 1. The highest BCUT2D eigenvalue weighted by molar-refractivity contribution is 8.00. The number of halogens is 2. The van der Waals surface area contributed by atoms with Crippen molar-refractivity contribution >= 4 is 46.6 Å². The van der Waals surface area contributed by atoms with E-state index in [0.29, 0.717) is 21.7 Å². The smallest absolute Gasteiger partial charge is 0.237 e. The molecule has 4 rings (SSSR count). The summed E-state index contributed by atoms with van der Waals surface area (Å²) in [6, 6.07) is 9.19. The van der Waals surface area contributed by atoms with Gasteiger partial charge in [-0.25, -0.2) is 0 Å². The van der Waals surface area contributed by atoms with Crippen LogP contribution in [0.15, 0.2) is 47.9 Å². The molecule has 0 spiro atoms. The number of amides is 1. The predicted octanol–water partition coefficient (Wildman–Crippen LogP) is 6.52. The van der Waals surface area contributed by atoms with Gasteiger partial charge in [-0.1, -0.05) is 54.7 Å². The molecule has 1 aliphatic carbocycles. The molecule has 1 N–H and O–H groups in total.